The van der Waals surface area contributed by atoms with Crippen molar-refractivity contribution < 1.29 is 0 Å². The molecule has 0 amide bonds. The highest BCUT2D eigenvalue weighted by atomic mass is 79.9. The monoisotopic (exact) mass is 327 g/mol. The molecule has 2 N–H and O–H groups in total. The number of aromatic nitrogens is 2. The smallest absolute Gasteiger partial charge is 0.0738 e. The van der Waals surface area contributed by atoms with Crippen LogP contribution >= 0.6 is 15.9 Å². The fourth-order valence-corrected chi connectivity index (χ4v) is 3.74. The van der Waals surface area contributed by atoms with Crippen LogP contribution in [0.3, 0.4) is 0 Å². The molecular weight excluding hydrogens is 302 g/mol. The van der Waals surface area contributed by atoms with Crippen LogP contribution in [-0.4, -0.2) is 15.3 Å². The molecule has 19 heavy (non-hydrogen) atoms. The van der Waals surface area contributed by atoms with Gasteiger partial charge in [0.05, 0.1) is 15.9 Å². The lowest BCUT2D eigenvalue weighted by Gasteiger charge is -2.38. The molecule has 0 unspecified atom stereocenters. The van der Waals surface area contributed by atoms with Crippen LogP contribution < -0.4 is 5.73 Å². The Morgan fingerprint density at radius 2 is 2.00 bits per heavy atom. The number of aryl methyl sites for hydroxylation is 2. The number of hydrogen-bond acceptors (Lipinski definition) is 2. The molecule has 0 saturated heterocycles. The summed E-state index contributed by atoms with van der Waals surface area (Å²) in [5, 5.41) is 4.46. The Morgan fingerprint density at radius 3 is 2.42 bits per heavy atom. The second-order valence-corrected chi connectivity index (χ2v) is 7.38. The van der Waals surface area contributed by atoms with Crippen molar-refractivity contribution in [2.45, 2.75) is 58.4 Å². The van der Waals surface area contributed by atoms with Crippen molar-refractivity contribution in [3.8, 4) is 0 Å². The molecule has 0 aliphatic heterocycles. The van der Waals surface area contributed by atoms with E-state index in [9.17, 15) is 0 Å². The normalized spacial score (nSPS) is 28.1. The number of rotatable bonds is 3. The van der Waals surface area contributed by atoms with Crippen molar-refractivity contribution in [1.82, 2.24) is 9.78 Å². The number of nitrogens with two attached hydrogens (primary N) is 1. The van der Waals surface area contributed by atoms with Gasteiger partial charge in [-0.3, -0.25) is 4.68 Å². The molecule has 2 rings (SSSR count). The molecule has 4 heteroatoms. The average Bonchev–Trinajstić information content (AvgIpc) is 2.56. The third-order valence-electron chi connectivity index (χ3n) is 4.75. The maximum absolute atomic E-state index is 6.64. The minimum Gasteiger partial charge on any atom is -0.325 e. The first-order valence-electron chi connectivity index (χ1n) is 7.29. The van der Waals surface area contributed by atoms with Crippen molar-refractivity contribution >= 4 is 15.9 Å². The molecule has 1 aromatic rings. The molecule has 0 bridgehead atoms. The summed E-state index contributed by atoms with van der Waals surface area (Å²) in [6.45, 7) is 6.69. The van der Waals surface area contributed by atoms with Gasteiger partial charge in [-0.1, -0.05) is 13.8 Å². The third kappa shape index (κ3) is 3.22. The summed E-state index contributed by atoms with van der Waals surface area (Å²) in [6.07, 6.45) is 5.72. The summed E-state index contributed by atoms with van der Waals surface area (Å²) >= 11 is 3.65. The molecular formula is C15H26BrN3. The highest BCUT2D eigenvalue weighted by Gasteiger charge is 2.34. The molecule has 0 spiro atoms. The maximum atomic E-state index is 6.64. The second-order valence-electron chi connectivity index (χ2n) is 6.59. The average molecular weight is 328 g/mol. The highest BCUT2D eigenvalue weighted by Crippen LogP contribution is 2.37. The van der Waals surface area contributed by atoms with Crippen LogP contribution in [0.15, 0.2) is 4.47 Å². The van der Waals surface area contributed by atoms with E-state index in [0.717, 1.165) is 41.3 Å². The SMILES string of the molecule is Cc1nn(C)c(CC2(N)CCC(C(C)C)CC2)c1Br. The quantitative estimate of drug-likeness (QED) is 0.922. The van der Waals surface area contributed by atoms with Crippen LogP contribution in [-0.2, 0) is 13.5 Å². The molecule has 1 heterocycles. The molecule has 0 radical (unpaired) electrons. The Balaban J connectivity index is 2.07. The van der Waals surface area contributed by atoms with Gasteiger partial charge in [-0.15, -0.1) is 0 Å². The van der Waals surface area contributed by atoms with Crippen LogP contribution in [0.5, 0.6) is 0 Å². The fourth-order valence-electron chi connectivity index (χ4n) is 3.26. The number of nitrogens with zero attached hydrogens (tertiary/aromatic N) is 2. The van der Waals surface area contributed by atoms with Crippen LogP contribution in [0.2, 0.25) is 0 Å². The Bertz CT molecular complexity index is 442. The Morgan fingerprint density at radius 1 is 1.42 bits per heavy atom. The first-order valence-corrected chi connectivity index (χ1v) is 8.08. The summed E-state index contributed by atoms with van der Waals surface area (Å²) in [6, 6.07) is 0. The molecule has 1 fully saturated rings. The summed E-state index contributed by atoms with van der Waals surface area (Å²) in [5.74, 6) is 1.64. The van der Waals surface area contributed by atoms with Gasteiger partial charge in [-0.2, -0.15) is 5.10 Å². The molecule has 1 aliphatic rings. The van der Waals surface area contributed by atoms with E-state index in [2.05, 4.69) is 34.9 Å². The van der Waals surface area contributed by atoms with Crippen LogP contribution in [0, 0.1) is 18.8 Å². The predicted octanol–water partition coefficient (Wildman–Crippen LogP) is 3.58. The zero-order valence-electron chi connectivity index (χ0n) is 12.5. The highest BCUT2D eigenvalue weighted by molar-refractivity contribution is 9.10. The second kappa shape index (κ2) is 5.57. The van der Waals surface area contributed by atoms with Gasteiger partial charge in [0.1, 0.15) is 0 Å². The molecule has 0 atom stereocenters. The van der Waals surface area contributed by atoms with Crippen molar-refractivity contribution in [3.05, 3.63) is 15.9 Å². The summed E-state index contributed by atoms with van der Waals surface area (Å²) in [7, 11) is 2.01. The lowest BCUT2D eigenvalue weighted by Crippen LogP contribution is -2.46. The minimum atomic E-state index is -0.0475. The van der Waals surface area contributed by atoms with E-state index >= 15 is 0 Å². The first-order chi connectivity index (χ1) is 8.82. The van der Waals surface area contributed by atoms with Gasteiger partial charge in [-0.25, -0.2) is 0 Å². The van der Waals surface area contributed by atoms with Gasteiger partial charge in [0, 0.05) is 19.0 Å². The van der Waals surface area contributed by atoms with Gasteiger partial charge < -0.3 is 5.73 Å². The first kappa shape index (κ1) is 15.0. The molecule has 1 aliphatic carbocycles. The van der Waals surface area contributed by atoms with E-state index in [1.165, 1.54) is 18.5 Å². The van der Waals surface area contributed by atoms with E-state index in [-0.39, 0.29) is 5.54 Å². The molecule has 3 nitrogen and oxygen atoms in total. The lowest BCUT2D eigenvalue weighted by atomic mass is 9.71. The fraction of sp³-hybridized carbons (Fsp3) is 0.800. The van der Waals surface area contributed by atoms with Crippen molar-refractivity contribution in [2.75, 3.05) is 0 Å². The summed E-state index contributed by atoms with van der Waals surface area (Å²) < 4.78 is 3.11. The zero-order valence-corrected chi connectivity index (χ0v) is 14.1. The zero-order chi connectivity index (χ0) is 14.2. The standard InChI is InChI=1S/C15H26BrN3/c1-10(2)12-5-7-15(17,8-6-12)9-13-14(16)11(3)18-19(13)4/h10,12H,5-9,17H2,1-4H3. The van der Waals surface area contributed by atoms with Crippen LogP contribution in [0.1, 0.15) is 50.9 Å². The molecule has 1 saturated carbocycles. The van der Waals surface area contributed by atoms with E-state index in [1.54, 1.807) is 0 Å². The van der Waals surface area contributed by atoms with E-state index < -0.39 is 0 Å². The van der Waals surface area contributed by atoms with Crippen molar-refractivity contribution in [3.63, 3.8) is 0 Å². The van der Waals surface area contributed by atoms with Crippen LogP contribution in [0.25, 0.3) is 0 Å². The van der Waals surface area contributed by atoms with Gasteiger partial charge in [-0.05, 0) is 60.4 Å². The van der Waals surface area contributed by atoms with E-state index in [1.807, 2.05) is 18.7 Å². The maximum Gasteiger partial charge on any atom is 0.0738 e. The number of hydrogen-bond donors (Lipinski definition) is 1. The van der Waals surface area contributed by atoms with Gasteiger partial charge in [0.15, 0.2) is 0 Å². The molecule has 1 aromatic heterocycles. The van der Waals surface area contributed by atoms with E-state index in [4.69, 9.17) is 5.73 Å². The van der Waals surface area contributed by atoms with Gasteiger partial charge in [0.2, 0.25) is 0 Å². The predicted molar refractivity (Wildman–Crippen MR) is 83.1 cm³/mol. The number of halogens is 1. The third-order valence-corrected chi connectivity index (χ3v) is 5.78. The van der Waals surface area contributed by atoms with Crippen molar-refractivity contribution in [1.29, 1.82) is 0 Å². The molecule has 0 aromatic carbocycles. The van der Waals surface area contributed by atoms with Crippen LogP contribution in [0.4, 0.5) is 0 Å². The van der Waals surface area contributed by atoms with Gasteiger partial charge >= 0.3 is 0 Å². The van der Waals surface area contributed by atoms with E-state index in [0.29, 0.717) is 0 Å². The lowest BCUT2D eigenvalue weighted by molar-refractivity contribution is 0.192. The summed E-state index contributed by atoms with van der Waals surface area (Å²) in [5.41, 5.74) is 8.88. The van der Waals surface area contributed by atoms with Crippen molar-refractivity contribution in [2.24, 2.45) is 24.6 Å². The summed E-state index contributed by atoms with van der Waals surface area (Å²) in [4.78, 5) is 0. The van der Waals surface area contributed by atoms with Gasteiger partial charge in [0.25, 0.3) is 0 Å². The largest absolute Gasteiger partial charge is 0.325 e. The molecule has 108 valence electrons. The Labute approximate surface area is 125 Å². The minimum absolute atomic E-state index is 0.0475. The Hall–Kier alpha value is -0.350. The Kier molecular flexibility index (Phi) is 4.41. The topological polar surface area (TPSA) is 43.8 Å².